The van der Waals surface area contributed by atoms with Crippen LogP contribution in [0.4, 0.5) is 4.39 Å². The molecule has 0 spiro atoms. The number of benzene rings is 1. The highest BCUT2D eigenvalue weighted by Crippen LogP contribution is 2.16. The predicted molar refractivity (Wildman–Crippen MR) is 65.5 cm³/mol. The molecule has 2 N–H and O–H groups in total. The van der Waals surface area contributed by atoms with Gasteiger partial charge in [0.25, 0.3) is 5.91 Å². The fourth-order valence-corrected chi connectivity index (χ4v) is 1.63. The number of hydrogen-bond donors (Lipinski definition) is 2. The van der Waals surface area contributed by atoms with Crippen LogP contribution in [0.2, 0.25) is 0 Å². The van der Waals surface area contributed by atoms with Crippen LogP contribution in [0.15, 0.2) is 24.3 Å². The van der Waals surface area contributed by atoms with Crippen molar-refractivity contribution in [1.29, 1.82) is 0 Å². The Morgan fingerprint density at radius 1 is 1.47 bits per heavy atom. The minimum Gasteiger partial charge on any atom is -0.351 e. The molecule has 0 aliphatic heterocycles. The van der Waals surface area contributed by atoms with E-state index in [1.54, 1.807) is 12.1 Å². The van der Waals surface area contributed by atoms with E-state index in [4.69, 9.17) is 0 Å². The number of rotatable bonds is 3. The van der Waals surface area contributed by atoms with E-state index in [0.717, 1.165) is 11.9 Å². The molecule has 0 saturated heterocycles. The summed E-state index contributed by atoms with van der Waals surface area (Å²) in [6, 6.07) is 6.20. The Morgan fingerprint density at radius 3 is 2.94 bits per heavy atom. The van der Waals surface area contributed by atoms with Gasteiger partial charge in [0.1, 0.15) is 11.5 Å². The van der Waals surface area contributed by atoms with E-state index in [1.165, 1.54) is 12.1 Å². The molecule has 0 fully saturated rings. The number of aromatic amines is 1. The summed E-state index contributed by atoms with van der Waals surface area (Å²) in [6.07, 6.45) is 0.876. The van der Waals surface area contributed by atoms with Crippen LogP contribution in [0.5, 0.6) is 0 Å². The van der Waals surface area contributed by atoms with Gasteiger partial charge in [0.15, 0.2) is 0 Å². The number of carbonyl (C=O) groups excluding carboxylic acids is 1. The van der Waals surface area contributed by atoms with Crippen molar-refractivity contribution in [3.8, 4) is 0 Å². The number of carbonyl (C=O) groups is 1. The third-order valence-corrected chi connectivity index (χ3v) is 2.82. The number of aromatic nitrogens is 1. The Balaban J connectivity index is 2.27. The summed E-state index contributed by atoms with van der Waals surface area (Å²) in [5.74, 6) is -0.457. The molecular weight excluding hydrogens is 219 g/mol. The molecule has 1 amide bonds. The van der Waals surface area contributed by atoms with Gasteiger partial charge in [-0.25, -0.2) is 4.39 Å². The maximum absolute atomic E-state index is 13.0. The van der Waals surface area contributed by atoms with Gasteiger partial charge in [0, 0.05) is 16.9 Å². The molecule has 3 nitrogen and oxygen atoms in total. The van der Waals surface area contributed by atoms with Crippen LogP contribution >= 0.6 is 0 Å². The van der Waals surface area contributed by atoms with Gasteiger partial charge in [-0.15, -0.1) is 0 Å². The average Bonchev–Trinajstić information content (AvgIpc) is 2.71. The van der Waals surface area contributed by atoms with Gasteiger partial charge in [-0.3, -0.25) is 4.79 Å². The second kappa shape index (κ2) is 4.57. The summed E-state index contributed by atoms with van der Waals surface area (Å²) < 4.78 is 13.0. The normalized spacial score (nSPS) is 12.6. The highest BCUT2D eigenvalue weighted by atomic mass is 19.1. The van der Waals surface area contributed by atoms with E-state index >= 15 is 0 Å². The van der Waals surface area contributed by atoms with Gasteiger partial charge in [-0.05, 0) is 37.6 Å². The van der Waals surface area contributed by atoms with Crippen molar-refractivity contribution in [2.24, 2.45) is 0 Å². The highest BCUT2D eigenvalue weighted by Gasteiger charge is 2.11. The molecular formula is C13H15FN2O. The Morgan fingerprint density at radius 2 is 2.24 bits per heavy atom. The lowest BCUT2D eigenvalue weighted by atomic mass is 10.2. The smallest absolute Gasteiger partial charge is 0.267 e. The minimum absolute atomic E-state index is 0.130. The minimum atomic E-state index is -0.301. The van der Waals surface area contributed by atoms with Crippen LogP contribution in [-0.4, -0.2) is 16.9 Å². The van der Waals surface area contributed by atoms with Gasteiger partial charge in [0.05, 0.1) is 0 Å². The number of amides is 1. The number of hydrogen-bond acceptors (Lipinski definition) is 1. The lowest BCUT2D eigenvalue weighted by Gasteiger charge is -2.09. The maximum atomic E-state index is 13.0. The molecule has 1 aromatic carbocycles. The molecule has 0 saturated carbocycles. The first kappa shape index (κ1) is 11.6. The van der Waals surface area contributed by atoms with Gasteiger partial charge in [-0.2, -0.15) is 0 Å². The van der Waals surface area contributed by atoms with Gasteiger partial charge < -0.3 is 10.3 Å². The van der Waals surface area contributed by atoms with E-state index < -0.39 is 0 Å². The molecule has 0 aliphatic carbocycles. The van der Waals surface area contributed by atoms with E-state index in [2.05, 4.69) is 10.3 Å². The topological polar surface area (TPSA) is 44.9 Å². The molecule has 0 aliphatic rings. The first-order chi connectivity index (χ1) is 8.10. The lowest BCUT2D eigenvalue weighted by molar-refractivity contribution is 0.0935. The van der Waals surface area contributed by atoms with E-state index in [-0.39, 0.29) is 17.8 Å². The molecule has 1 atom stereocenters. The van der Waals surface area contributed by atoms with Crippen LogP contribution < -0.4 is 5.32 Å². The summed E-state index contributed by atoms with van der Waals surface area (Å²) in [5.41, 5.74) is 1.23. The maximum Gasteiger partial charge on any atom is 0.267 e. The Labute approximate surface area is 99.0 Å². The lowest BCUT2D eigenvalue weighted by Crippen LogP contribution is -2.32. The summed E-state index contributed by atoms with van der Waals surface area (Å²) >= 11 is 0. The molecule has 1 unspecified atom stereocenters. The molecule has 4 heteroatoms. The number of H-pyrrole nitrogens is 1. The first-order valence-electron chi connectivity index (χ1n) is 5.69. The van der Waals surface area contributed by atoms with Crippen LogP contribution in [0.1, 0.15) is 30.8 Å². The summed E-state index contributed by atoms with van der Waals surface area (Å²) in [6.45, 7) is 3.95. The van der Waals surface area contributed by atoms with Crippen molar-refractivity contribution in [3.05, 3.63) is 35.8 Å². The van der Waals surface area contributed by atoms with Crippen molar-refractivity contribution in [2.75, 3.05) is 0 Å². The largest absolute Gasteiger partial charge is 0.351 e. The van der Waals surface area contributed by atoms with Crippen LogP contribution in [0.3, 0.4) is 0 Å². The monoisotopic (exact) mass is 234 g/mol. The number of nitrogens with one attached hydrogen (secondary N) is 2. The molecule has 2 rings (SSSR count). The molecule has 2 aromatic rings. The van der Waals surface area contributed by atoms with E-state index in [9.17, 15) is 9.18 Å². The van der Waals surface area contributed by atoms with Crippen molar-refractivity contribution in [1.82, 2.24) is 10.3 Å². The van der Waals surface area contributed by atoms with E-state index in [1.807, 2.05) is 13.8 Å². The van der Waals surface area contributed by atoms with Crippen LogP contribution in [0, 0.1) is 5.82 Å². The van der Waals surface area contributed by atoms with Crippen molar-refractivity contribution < 1.29 is 9.18 Å². The number of halogens is 1. The summed E-state index contributed by atoms with van der Waals surface area (Å²) in [4.78, 5) is 14.8. The second-order valence-electron chi connectivity index (χ2n) is 4.20. The second-order valence-corrected chi connectivity index (χ2v) is 4.20. The molecule has 17 heavy (non-hydrogen) atoms. The Kier molecular flexibility index (Phi) is 3.13. The highest BCUT2D eigenvalue weighted by molar-refractivity contribution is 5.98. The fourth-order valence-electron chi connectivity index (χ4n) is 1.63. The van der Waals surface area contributed by atoms with Gasteiger partial charge in [-0.1, -0.05) is 6.92 Å². The van der Waals surface area contributed by atoms with Crippen molar-refractivity contribution in [2.45, 2.75) is 26.3 Å². The molecule has 0 bridgehead atoms. The first-order valence-corrected chi connectivity index (χ1v) is 5.69. The Bertz CT molecular complexity index is 547. The van der Waals surface area contributed by atoms with Crippen molar-refractivity contribution in [3.63, 3.8) is 0 Å². The third-order valence-electron chi connectivity index (χ3n) is 2.82. The SMILES string of the molecule is CCC(C)NC(=O)c1cc2cc(F)ccc2[nH]1. The van der Waals surface area contributed by atoms with Crippen molar-refractivity contribution >= 4 is 16.8 Å². The number of fused-ring (bicyclic) bond motifs is 1. The molecule has 1 heterocycles. The zero-order valence-electron chi connectivity index (χ0n) is 9.88. The molecule has 90 valence electrons. The van der Waals surface area contributed by atoms with E-state index in [0.29, 0.717) is 11.1 Å². The standard InChI is InChI=1S/C13H15FN2O/c1-3-8(2)15-13(17)12-7-9-6-10(14)4-5-11(9)16-12/h4-8,16H,3H2,1-2H3,(H,15,17). The van der Waals surface area contributed by atoms with Gasteiger partial charge >= 0.3 is 0 Å². The zero-order valence-corrected chi connectivity index (χ0v) is 9.88. The third kappa shape index (κ3) is 2.46. The molecule has 1 aromatic heterocycles. The summed E-state index contributed by atoms with van der Waals surface area (Å²) in [7, 11) is 0. The van der Waals surface area contributed by atoms with Crippen LogP contribution in [0.25, 0.3) is 10.9 Å². The quantitative estimate of drug-likeness (QED) is 0.842. The predicted octanol–water partition coefficient (Wildman–Crippen LogP) is 2.84. The van der Waals surface area contributed by atoms with Crippen LogP contribution in [-0.2, 0) is 0 Å². The zero-order chi connectivity index (χ0) is 12.4. The summed E-state index contributed by atoms with van der Waals surface area (Å²) in [5, 5.41) is 3.57. The fraction of sp³-hybridized carbons (Fsp3) is 0.308. The molecule has 0 radical (unpaired) electrons. The average molecular weight is 234 g/mol. The Hall–Kier alpha value is -1.84. The van der Waals surface area contributed by atoms with Gasteiger partial charge in [0.2, 0.25) is 0 Å².